The van der Waals surface area contributed by atoms with Crippen LogP contribution in [0, 0.1) is 0 Å². The van der Waals surface area contributed by atoms with Gasteiger partial charge in [-0.15, -0.1) is 0 Å². The van der Waals surface area contributed by atoms with E-state index in [2.05, 4.69) is 0 Å². The second-order valence-electron chi connectivity index (χ2n) is 7.71. The first-order valence-electron chi connectivity index (χ1n) is 8.65. The van der Waals surface area contributed by atoms with E-state index < -0.39 is 0 Å². The highest BCUT2D eigenvalue weighted by molar-refractivity contribution is 6.62. The Morgan fingerprint density at radius 1 is 0.920 bits per heavy atom. The average Bonchev–Trinajstić information content (AvgIpc) is 3.00. The lowest BCUT2D eigenvalue weighted by molar-refractivity contribution is -0.116. The van der Waals surface area contributed by atoms with Crippen LogP contribution in [0.2, 0.25) is 0 Å². The number of hydrogen-bond donors (Lipinski definition) is 0. The van der Waals surface area contributed by atoms with Gasteiger partial charge in [-0.3, -0.25) is 9.69 Å². The summed E-state index contributed by atoms with van der Waals surface area (Å²) in [4.78, 5) is 14.2. The van der Waals surface area contributed by atoms with Gasteiger partial charge in [0.25, 0.3) is 0 Å². The minimum atomic E-state index is -0.388. The van der Waals surface area contributed by atoms with Crippen LogP contribution in [0.1, 0.15) is 33.3 Å². The smallest absolute Gasteiger partial charge is 0.399 e. The number of benzene rings is 2. The minimum Gasteiger partial charge on any atom is -0.399 e. The molecule has 0 radical (unpaired) electrons. The van der Waals surface area contributed by atoms with E-state index >= 15 is 0 Å². The van der Waals surface area contributed by atoms with Crippen LogP contribution in [0.25, 0.3) is 0 Å². The third kappa shape index (κ3) is 2.59. The van der Waals surface area contributed by atoms with Crippen molar-refractivity contribution in [2.75, 3.05) is 4.90 Å². The van der Waals surface area contributed by atoms with Gasteiger partial charge in [-0.1, -0.05) is 30.3 Å². The van der Waals surface area contributed by atoms with Crippen molar-refractivity contribution in [3.05, 3.63) is 54.1 Å². The van der Waals surface area contributed by atoms with E-state index in [4.69, 9.17) is 9.31 Å². The van der Waals surface area contributed by atoms with Crippen molar-refractivity contribution in [1.29, 1.82) is 0 Å². The fraction of sp³-hybridized carbons (Fsp3) is 0.350. The third-order valence-electron chi connectivity index (χ3n) is 5.50. The maximum absolute atomic E-state index is 12.4. The van der Waals surface area contributed by atoms with Crippen LogP contribution in [0.15, 0.2) is 48.5 Å². The van der Waals surface area contributed by atoms with Crippen LogP contribution in [0.4, 0.5) is 11.4 Å². The second kappa shape index (κ2) is 5.45. The molecule has 0 saturated carbocycles. The zero-order chi connectivity index (χ0) is 17.8. The number of carbonyl (C=O) groups is 1. The lowest BCUT2D eigenvalue weighted by Gasteiger charge is -2.32. The predicted molar refractivity (Wildman–Crippen MR) is 99.5 cm³/mol. The largest absolute Gasteiger partial charge is 0.494 e. The van der Waals surface area contributed by atoms with Crippen LogP contribution < -0.4 is 10.4 Å². The number of carbonyl (C=O) groups excluding carboxylic acids is 1. The molecular weight excluding hydrogens is 313 g/mol. The van der Waals surface area contributed by atoms with Gasteiger partial charge >= 0.3 is 7.12 Å². The van der Waals surface area contributed by atoms with E-state index in [0.29, 0.717) is 6.42 Å². The molecule has 128 valence electrons. The molecule has 4 nitrogen and oxygen atoms in total. The van der Waals surface area contributed by atoms with Gasteiger partial charge in [0.1, 0.15) is 0 Å². The number of rotatable bonds is 2. The Morgan fingerprint density at radius 3 is 2.16 bits per heavy atom. The van der Waals surface area contributed by atoms with Crippen molar-refractivity contribution in [2.24, 2.45) is 0 Å². The molecule has 0 bridgehead atoms. The number of para-hydroxylation sites is 1. The highest BCUT2D eigenvalue weighted by atomic mass is 16.7. The van der Waals surface area contributed by atoms with E-state index in [1.165, 1.54) is 0 Å². The molecule has 2 aromatic rings. The summed E-state index contributed by atoms with van der Waals surface area (Å²) in [6.07, 6.45) is 0.454. The molecule has 25 heavy (non-hydrogen) atoms. The Balaban J connectivity index is 1.61. The fourth-order valence-corrected chi connectivity index (χ4v) is 3.30. The summed E-state index contributed by atoms with van der Waals surface area (Å²) in [7, 11) is -0.388. The summed E-state index contributed by atoms with van der Waals surface area (Å²) in [6.45, 7) is 8.17. The van der Waals surface area contributed by atoms with E-state index in [0.717, 1.165) is 22.4 Å². The van der Waals surface area contributed by atoms with Gasteiger partial charge in [0.05, 0.1) is 23.3 Å². The van der Waals surface area contributed by atoms with Crippen LogP contribution in [0.5, 0.6) is 0 Å². The molecule has 1 amide bonds. The Hall–Kier alpha value is -2.11. The monoisotopic (exact) mass is 335 g/mol. The van der Waals surface area contributed by atoms with Crippen LogP contribution >= 0.6 is 0 Å². The molecule has 0 unspecified atom stereocenters. The number of amides is 1. The summed E-state index contributed by atoms with van der Waals surface area (Å²) in [5, 5.41) is 0. The van der Waals surface area contributed by atoms with Gasteiger partial charge in [-0.05, 0) is 56.9 Å². The normalized spacial score (nSPS) is 20.9. The Bertz CT molecular complexity index is 813. The maximum Gasteiger partial charge on any atom is 0.494 e. The summed E-state index contributed by atoms with van der Waals surface area (Å²) >= 11 is 0. The number of nitrogens with zero attached hydrogens (tertiary/aromatic N) is 1. The highest BCUT2D eigenvalue weighted by Crippen LogP contribution is 2.37. The van der Waals surface area contributed by atoms with Gasteiger partial charge in [0, 0.05) is 5.69 Å². The van der Waals surface area contributed by atoms with E-state index in [1.807, 2.05) is 76.2 Å². The first kappa shape index (κ1) is 16.4. The van der Waals surface area contributed by atoms with Crippen molar-refractivity contribution in [1.82, 2.24) is 0 Å². The SMILES string of the molecule is CC1(C)OB(c2ccc(N3C(=O)Cc4ccccc43)cc2)OC1(C)C. The highest BCUT2D eigenvalue weighted by Gasteiger charge is 2.51. The van der Waals surface area contributed by atoms with Gasteiger partial charge < -0.3 is 9.31 Å². The lowest BCUT2D eigenvalue weighted by Crippen LogP contribution is -2.41. The molecule has 1 saturated heterocycles. The molecule has 0 N–H and O–H groups in total. The summed E-state index contributed by atoms with van der Waals surface area (Å²) in [5.41, 5.74) is 3.15. The van der Waals surface area contributed by atoms with Crippen LogP contribution in [0.3, 0.4) is 0 Å². The maximum atomic E-state index is 12.4. The van der Waals surface area contributed by atoms with Crippen LogP contribution in [-0.4, -0.2) is 24.2 Å². The molecule has 2 heterocycles. The molecule has 2 aliphatic heterocycles. The summed E-state index contributed by atoms with van der Waals surface area (Å²) in [6, 6.07) is 15.8. The zero-order valence-electron chi connectivity index (χ0n) is 15.1. The molecule has 0 aromatic heterocycles. The van der Waals surface area contributed by atoms with Crippen molar-refractivity contribution in [3.8, 4) is 0 Å². The summed E-state index contributed by atoms with van der Waals surface area (Å²) in [5.74, 6) is 0.101. The van der Waals surface area contributed by atoms with Crippen molar-refractivity contribution in [3.63, 3.8) is 0 Å². The van der Waals surface area contributed by atoms with Gasteiger partial charge in [0.2, 0.25) is 5.91 Å². The molecular formula is C20H22BNO3. The van der Waals surface area contributed by atoms with E-state index in [9.17, 15) is 4.79 Å². The van der Waals surface area contributed by atoms with Crippen LogP contribution in [-0.2, 0) is 20.5 Å². The zero-order valence-corrected chi connectivity index (χ0v) is 15.1. The number of hydrogen-bond acceptors (Lipinski definition) is 3. The standard InChI is InChI=1S/C20H22BNO3/c1-19(2)20(3,4)25-21(24-19)15-9-11-16(12-10-15)22-17-8-6-5-7-14(17)13-18(22)23/h5-12H,13H2,1-4H3. The minimum absolute atomic E-state index is 0.101. The van der Waals surface area contributed by atoms with Crippen molar-refractivity contribution < 1.29 is 14.1 Å². The molecule has 4 rings (SSSR count). The molecule has 0 atom stereocenters. The summed E-state index contributed by atoms with van der Waals surface area (Å²) < 4.78 is 12.2. The first-order valence-corrected chi connectivity index (χ1v) is 8.65. The third-order valence-corrected chi connectivity index (χ3v) is 5.50. The van der Waals surface area contributed by atoms with Crippen molar-refractivity contribution >= 4 is 29.9 Å². The average molecular weight is 335 g/mol. The van der Waals surface area contributed by atoms with Crippen molar-refractivity contribution in [2.45, 2.75) is 45.3 Å². The Morgan fingerprint density at radius 2 is 1.52 bits per heavy atom. The molecule has 0 aliphatic carbocycles. The number of fused-ring (bicyclic) bond motifs is 1. The predicted octanol–water partition coefficient (Wildman–Crippen LogP) is 3.21. The first-order chi connectivity index (χ1) is 11.8. The molecule has 1 fully saturated rings. The number of anilines is 2. The Labute approximate surface area is 148 Å². The second-order valence-corrected chi connectivity index (χ2v) is 7.71. The van der Waals surface area contributed by atoms with E-state index in [1.54, 1.807) is 4.90 Å². The van der Waals surface area contributed by atoms with Gasteiger partial charge in [-0.2, -0.15) is 0 Å². The molecule has 2 aromatic carbocycles. The Kier molecular flexibility index (Phi) is 3.57. The topological polar surface area (TPSA) is 38.8 Å². The van der Waals surface area contributed by atoms with E-state index in [-0.39, 0.29) is 24.2 Å². The fourth-order valence-electron chi connectivity index (χ4n) is 3.30. The lowest BCUT2D eigenvalue weighted by atomic mass is 9.79. The molecule has 2 aliphatic rings. The quantitative estimate of drug-likeness (QED) is 0.791. The molecule has 0 spiro atoms. The van der Waals surface area contributed by atoms with Gasteiger partial charge in [0.15, 0.2) is 0 Å². The molecule has 5 heteroatoms. The van der Waals surface area contributed by atoms with Gasteiger partial charge in [-0.25, -0.2) is 0 Å².